The number of hydrogen-bond acceptors (Lipinski definition) is 7. The van der Waals surface area contributed by atoms with Gasteiger partial charge in [0, 0.05) is 18.2 Å². The van der Waals surface area contributed by atoms with Crippen LogP contribution in [0, 0.1) is 5.92 Å². The van der Waals surface area contributed by atoms with Crippen LogP contribution in [0.25, 0.3) is 0 Å². The summed E-state index contributed by atoms with van der Waals surface area (Å²) >= 11 is 0. The molecule has 156 valence electrons. The second-order valence-corrected chi connectivity index (χ2v) is 7.51. The Bertz CT molecular complexity index is 654. The molecule has 4 unspecified atom stereocenters. The first-order valence-corrected chi connectivity index (χ1v) is 9.59. The minimum Gasteiger partial charge on any atom is -0.509 e. The Hall–Kier alpha value is -2.00. The van der Waals surface area contributed by atoms with Crippen LogP contribution in [0.2, 0.25) is 5.82 Å². The molecule has 0 saturated carbocycles. The lowest BCUT2D eigenvalue weighted by molar-refractivity contribution is -0.175. The summed E-state index contributed by atoms with van der Waals surface area (Å²) in [6.45, 7) is 4.74. The minimum absolute atomic E-state index is 0.169. The molecule has 0 aromatic heterocycles. The monoisotopic (exact) mass is 417 g/mol. The lowest BCUT2D eigenvalue weighted by atomic mass is 9.67. The van der Waals surface area contributed by atoms with Crippen molar-refractivity contribution in [1.29, 1.82) is 0 Å². The second kappa shape index (κ2) is 9.98. The van der Waals surface area contributed by atoms with Gasteiger partial charge in [-0.25, -0.2) is 4.79 Å². The fourth-order valence-electron chi connectivity index (χ4n) is 2.61. The van der Waals surface area contributed by atoms with Gasteiger partial charge in [-0.1, -0.05) is 13.8 Å². The Morgan fingerprint density at radius 2 is 1.86 bits per heavy atom. The third-order valence-electron chi connectivity index (χ3n) is 4.48. The zero-order chi connectivity index (χ0) is 21.6. The van der Waals surface area contributed by atoms with Crippen LogP contribution in [0.3, 0.4) is 0 Å². The van der Waals surface area contributed by atoms with Crippen molar-refractivity contribution in [2.45, 2.75) is 57.5 Å². The van der Waals surface area contributed by atoms with Crippen LogP contribution >= 0.6 is 9.24 Å². The smallest absolute Gasteiger partial charge is 0.509 e. The molecular formula is C16H25BNO9P. The van der Waals surface area contributed by atoms with E-state index in [1.165, 1.54) is 13.8 Å². The second-order valence-electron chi connectivity index (χ2n) is 7.04. The van der Waals surface area contributed by atoms with E-state index in [9.17, 15) is 29.1 Å². The van der Waals surface area contributed by atoms with Crippen LogP contribution < -0.4 is 5.32 Å². The summed E-state index contributed by atoms with van der Waals surface area (Å²) in [5.74, 6) is -5.64. The Morgan fingerprint density at radius 3 is 2.36 bits per heavy atom. The number of amides is 1. The normalized spacial score (nSPS) is 22.6. The molecule has 0 spiro atoms. The molecule has 12 heteroatoms. The van der Waals surface area contributed by atoms with E-state index in [-0.39, 0.29) is 24.0 Å². The molecule has 10 nitrogen and oxygen atoms in total. The molecule has 1 rings (SSSR count). The summed E-state index contributed by atoms with van der Waals surface area (Å²) in [6.07, 6.45) is -1.30. The van der Waals surface area contributed by atoms with Crippen molar-refractivity contribution < 1.29 is 43.5 Å². The van der Waals surface area contributed by atoms with E-state index in [0.717, 1.165) is 0 Å². The summed E-state index contributed by atoms with van der Waals surface area (Å²) in [7, 11) is 1.04. The van der Waals surface area contributed by atoms with Crippen LogP contribution in [-0.2, 0) is 33.3 Å². The molecule has 1 aliphatic rings. The highest BCUT2D eigenvalue weighted by Gasteiger charge is 2.53. The van der Waals surface area contributed by atoms with Gasteiger partial charge in [0.2, 0.25) is 5.91 Å². The van der Waals surface area contributed by atoms with Gasteiger partial charge in [-0.2, -0.15) is 0 Å². The van der Waals surface area contributed by atoms with E-state index >= 15 is 0 Å². The van der Waals surface area contributed by atoms with E-state index in [1.54, 1.807) is 6.92 Å². The average Bonchev–Trinajstić information content (AvgIpc) is 2.59. The van der Waals surface area contributed by atoms with Crippen LogP contribution in [-0.4, -0.2) is 64.7 Å². The van der Waals surface area contributed by atoms with E-state index in [1.807, 2.05) is 0 Å². The number of carbonyl (C=O) groups excluding carboxylic acids is 3. The number of ketones is 1. The number of carbonyl (C=O) groups is 5. The number of carboxylic acids is 2. The molecule has 0 aromatic carbocycles. The SMILES string of the molecule is CC(CP)C(=O)NC(C)C(=O)C[C@@H](C)B1OC(=O)CC(CC(=O)O)(C(=O)O)O1. The quantitative estimate of drug-likeness (QED) is 0.331. The maximum atomic E-state index is 12.4. The predicted octanol–water partition coefficient (Wildman–Crippen LogP) is 0.101. The molecule has 5 atom stereocenters. The topological polar surface area (TPSA) is 156 Å². The minimum atomic E-state index is -2.25. The molecule has 28 heavy (non-hydrogen) atoms. The van der Waals surface area contributed by atoms with Crippen molar-refractivity contribution in [2.24, 2.45) is 5.92 Å². The molecule has 1 saturated heterocycles. The lowest BCUT2D eigenvalue weighted by Gasteiger charge is -2.36. The van der Waals surface area contributed by atoms with Gasteiger partial charge in [0.25, 0.3) is 5.97 Å². The van der Waals surface area contributed by atoms with E-state index in [0.29, 0.717) is 6.16 Å². The number of rotatable bonds is 10. The maximum absolute atomic E-state index is 12.4. The maximum Gasteiger partial charge on any atom is 0.531 e. The number of Topliss-reactive ketones (excluding diaryl/α,β-unsaturated/α-hetero) is 1. The first-order chi connectivity index (χ1) is 12.9. The first kappa shape index (κ1) is 24.0. The van der Waals surface area contributed by atoms with Gasteiger partial charge in [0.05, 0.1) is 18.9 Å². The summed E-state index contributed by atoms with van der Waals surface area (Å²) < 4.78 is 10.3. The number of carboxylic acid groups (broad SMARTS) is 2. The molecule has 0 radical (unpaired) electrons. The van der Waals surface area contributed by atoms with Gasteiger partial charge in [-0.15, -0.1) is 9.24 Å². The fraction of sp³-hybridized carbons (Fsp3) is 0.688. The van der Waals surface area contributed by atoms with Gasteiger partial charge in [0.1, 0.15) is 0 Å². The highest BCUT2D eigenvalue weighted by atomic mass is 31.0. The Labute approximate surface area is 165 Å². The fourth-order valence-corrected chi connectivity index (χ4v) is 2.82. The summed E-state index contributed by atoms with van der Waals surface area (Å²) in [4.78, 5) is 58.7. The Morgan fingerprint density at radius 1 is 1.25 bits per heavy atom. The largest absolute Gasteiger partial charge is 0.531 e. The van der Waals surface area contributed by atoms with Crippen LogP contribution in [0.1, 0.15) is 40.0 Å². The van der Waals surface area contributed by atoms with Crippen molar-refractivity contribution in [3.8, 4) is 0 Å². The number of aliphatic carboxylic acids is 2. The summed E-state index contributed by atoms with van der Waals surface area (Å²) in [5.41, 5.74) is -2.25. The highest BCUT2D eigenvalue weighted by Crippen LogP contribution is 2.33. The molecule has 1 amide bonds. The zero-order valence-electron chi connectivity index (χ0n) is 16.0. The first-order valence-electron chi connectivity index (χ1n) is 8.77. The number of hydrogen-bond donors (Lipinski definition) is 3. The van der Waals surface area contributed by atoms with Crippen LogP contribution in [0.15, 0.2) is 0 Å². The zero-order valence-corrected chi connectivity index (χ0v) is 17.1. The lowest BCUT2D eigenvalue weighted by Crippen LogP contribution is -2.55. The van der Waals surface area contributed by atoms with Gasteiger partial charge in [-0.3, -0.25) is 19.2 Å². The highest BCUT2D eigenvalue weighted by molar-refractivity contribution is 7.16. The third kappa shape index (κ3) is 6.27. The van der Waals surface area contributed by atoms with E-state index in [4.69, 9.17) is 14.4 Å². The molecular weight excluding hydrogens is 392 g/mol. The Kier molecular flexibility index (Phi) is 8.57. The molecule has 1 fully saturated rings. The van der Waals surface area contributed by atoms with Gasteiger partial charge < -0.3 is 24.8 Å². The number of nitrogens with one attached hydrogen (secondary N) is 1. The molecule has 0 aromatic rings. The van der Waals surface area contributed by atoms with Crippen molar-refractivity contribution in [3.63, 3.8) is 0 Å². The van der Waals surface area contributed by atoms with Gasteiger partial charge in [0.15, 0.2) is 11.4 Å². The predicted molar refractivity (Wildman–Crippen MR) is 101 cm³/mol. The van der Waals surface area contributed by atoms with Crippen LogP contribution in [0.5, 0.6) is 0 Å². The van der Waals surface area contributed by atoms with E-state index in [2.05, 4.69) is 14.6 Å². The summed E-state index contributed by atoms with van der Waals surface area (Å²) in [5, 5.41) is 20.9. The standard InChI is InChI=1S/C16H25BNO9P/c1-8(7-28)14(23)18-10(3)11(19)4-9(2)17-26-13(22)6-16(27-17,15(24)25)5-12(20)21/h8-10H,4-7,28H2,1-3H3,(H,18,23)(H,20,21)(H,24,25)/t8?,9-,10?,16?/m1/s1. The Balaban J connectivity index is 2.81. The van der Waals surface area contributed by atoms with Gasteiger partial charge >= 0.3 is 19.1 Å². The molecule has 0 aliphatic carbocycles. The van der Waals surface area contributed by atoms with Crippen molar-refractivity contribution in [2.75, 3.05) is 6.16 Å². The third-order valence-corrected chi connectivity index (χ3v) is 5.18. The molecule has 3 N–H and O–H groups in total. The molecule has 1 heterocycles. The van der Waals surface area contributed by atoms with Crippen molar-refractivity contribution in [1.82, 2.24) is 5.32 Å². The summed E-state index contributed by atoms with van der Waals surface area (Å²) in [6, 6.07) is -0.795. The van der Waals surface area contributed by atoms with Crippen LogP contribution in [0.4, 0.5) is 0 Å². The van der Waals surface area contributed by atoms with Crippen molar-refractivity contribution >= 4 is 46.0 Å². The molecule has 0 bridgehead atoms. The van der Waals surface area contributed by atoms with Crippen molar-refractivity contribution in [3.05, 3.63) is 0 Å². The van der Waals surface area contributed by atoms with Gasteiger partial charge in [-0.05, 0) is 13.1 Å². The van der Waals surface area contributed by atoms with E-state index < -0.39 is 55.3 Å². The molecule has 1 aliphatic heterocycles. The average molecular weight is 417 g/mol.